The number of alkyl halides is 3. The maximum Gasteiger partial charge on any atom is 0.416 e. The minimum absolute atomic E-state index is 0.0342. The first kappa shape index (κ1) is 19.1. The van der Waals surface area contributed by atoms with E-state index in [4.69, 9.17) is 14.6 Å². The highest BCUT2D eigenvalue weighted by molar-refractivity contribution is 7.89. The molecule has 24 heavy (non-hydrogen) atoms. The van der Waals surface area contributed by atoms with Gasteiger partial charge in [-0.15, -0.1) is 0 Å². The Kier molecular flexibility index (Phi) is 6.21. The van der Waals surface area contributed by atoms with Crippen LogP contribution in [0.5, 0.6) is 0 Å². The van der Waals surface area contributed by atoms with Crippen LogP contribution >= 0.6 is 0 Å². The summed E-state index contributed by atoms with van der Waals surface area (Å²) in [5.41, 5.74) is -1.04. The maximum atomic E-state index is 12.7. The smallest absolute Gasteiger partial charge is 0.394 e. The van der Waals surface area contributed by atoms with Gasteiger partial charge in [-0.05, 0) is 24.6 Å². The molecule has 2 rings (SSSR count). The zero-order valence-corrected chi connectivity index (χ0v) is 13.4. The van der Waals surface area contributed by atoms with E-state index in [0.29, 0.717) is 19.1 Å². The predicted octanol–water partition coefficient (Wildman–Crippen LogP) is 1.15. The van der Waals surface area contributed by atoms with Crippen LogP contribution < -0.4 is 4.72 Å². The average molecular weight is 369 g/mol. The molecule has 0 radical (unpaired) electrons. The van der Waals surface area contributed by atoms with Crippen molar-refractivity contribution in [3.63, 3.8) is 0 Å². The van der Waals surface area contributed by atoms with Crippen LogP contribution in [0, 0.1) is 0 Å². The first-order valence-electron chi connectivity index (χ1n) is 7.24. The monoisotopic (exact) mass is 369 g/mol. The van der Waals surface area contributed by atoms with Gasteiger partial charge in [-0.3, -0.25) is 0 Å². The van der Waals surface area contributed by atoms with Gasteiger partial charge in [0.2, 0.25) is 10.0 Å². The number of benzene rings is 1. The molecule has 10 heteroatoms. The van der Waals surface area contributed by atoms with Crippen molar-refractivity contribution in [3.8, 4) is 0 Å². The number of hydrogen-bond acceptors (Lipinski definition) is 5. The van der Waals surface area contributed by atoms with Gasteiger partial charge in [0.25, 0.3) is 0 Å². The van der Waals surface area contributed by atoms with Gasteiger partial charge in [0.1, 0.15) is 0 Å². The number of aliphatic hydroxyl groups excluding tert-OH is 1. The minimum atomic E-state index is -4.63. The Morgan fingerprint density at radius 3 is 2.79 bits per heavy atom. The van der Waals surface area contributed by atoms with E-state index in [1.165, 1.54) is 0 Å². The second-order valence-corrected chi connectivity index (χ2v) is 6.96. The van der Waals surface area contributed by atoms with E-state index in [9.17, 15) is 21.6 Å². The predicted molar refractivity (Wildman–Crippen MR) is 77.8 cm³/mol. The lowest BCUT2D eigenvalue weighted by molar-refractivity contribution is -0.137. The van der Waals surface area contributed by atoms with E-state index in [0.717, 1.165) is 18.2 Å². The number of hydrogen-bond donors (Lipinski definition) is 2. The zero-order chi connectivity index (χ0) is 17.8. The summed E-state index contributed by atoms with van der Waals surface area (Å²) in [4.78, 5) is -0.483. The lowest BCUT2D eigenvalue weighted by Crippen LogP contribution is -2.50. The number of rotatable bonds is 6. The molecule has 1 aliphatic heterocycles. The average Bonchev–Trinajstić information content (AvgIpc) is 2.53. The topological polar surface area (TPSA) is 84.9 Å². The summed E-state index contributed by atoms with van der Waals surface area (Å²) < 4.78 is 75.8. The molecule has 0 aromatic heterocycles. The summed E-state index contributed by atoms with van der Waals surface area (Å²) >= 11 is 0. The molecule has 0 aliphatic carbocycles. The van der Waals surface area contributed by atoms with Gasteiger partial charge >= 0.3 is 6.18 Å². The van der Waals surface area contributed by atoms with Crippen LogP contribution in [-0.4, -0.2) is 52.1 Å². The molecule has 0 spiro atoms. The second kappa shape index (κ2) is 7.79. The molecule has 1 fully saturated rings. The fraction of sp³-hybridized carbons (Fsp3) is 0.571. The van der Waals surface area contributed by atoms with E-state index >= 15 is 0 Å². The first-order chi connectivity index (χ1) is 11.2. The van der Waals surface area contributed by atoms with Crippen molar-refractivity contribution >= 4 is 10.0 Å². The normalized spacial score (nSPS) is 22.5. The Morgan fingerprint density at radius 1 is 1.38 bits per heavy atom. The van der Waals surface area contributed by atoms with Crippen LogP contribution in [0.25, 0.3) is 0 Å². The number of nitrogens with one attached hydrogen (secondary N) is 1. The van der Waals surface area contributed by atoms with E-state index < -0.39 is 38.8 Å². The molecular weight excluding hydrogens is 351 g/mol. The van der Waals surface area contributed by atoms with Crippen LogP contribution in [0.1, 0.15) is 12.0 Å². The summed E-state index contributed by atoms with van der Waals surface area (Å²) in [6.45, 7) is 0.225. The van der Waals surface area contributed by atoms with Crippen molar-refractivity contribution in [1.29, 1.82) is 0 Å². The molecule has 136 valence electrons. The Labute approximate surface area is 137 Å². The quantitative estimate of drug-likeness (QED) is 0.786. The van der Waals surface area contributed by atoms with Gasteiger partial charge in [-0.1, -0.05) is 6.07 Å². The summed E-state index contributed by atoms with van der Waals surface area (Å²) in [5.74, 6) is 0. The number of halogens is 3. The molecule has 6 nitrogen and oxygen atoms in total. The van der Waals surface area contributed by atoms with Gasteiger partial charge in [-0.25, -0.2) is 13.1 Å². The molecule has 0 bridgehead atoms. The van der Waals surface area contributed by atoms with Crippen molar-refractivity contribution < 1.29 is 36.2 Å². The van der Waals surface area contributed by atoms with Crippen LogP contribution in [-0.2, 0) is 25.7 Å². The van der Waals surface area contributed by atoms with E-state index in [-0.39, 0.29) is 19.8 Å². The Morgan fingerprint density at radius 2 is 2.12 bits per heavy atom. The molecule has 1 aliphatic rings. The van der Waals surface area contributed by atoms with E-state index in [1.54, 1.807) is 0 Å². The Hall–Kier alpha value is -1.20. The van der Waals surface area contributed by atoms with E-state index in [1.807, 2.05) is 0 Å². The molecule has 1 aromatic rings. The van der Waals surface area contributed by atoms with Crippen LogP contribution in [0.4, 0.5) is 13.2 Å². The lowest BCUT2D eigenvalue weighted by atomic mass is 10.1. The largest absolute Gasteiger partial charge is 0.416 e. The standard InChI is InChI=1S/C14H18F3NO5S/c15-14(16,17)10-2-1-3-11(8-10)24(20,21)18-12-9-22-6-4-13(12)23-7-5-19/h1-3,8,12-13,18-19H,4-7,9H2/t12-,13+/m1/s1. The third kappa shape index (κ3) is 4.90. The molecule has 2 N–H and O–H groups in total. The van der Waals surface area contributed by atoms with Gasteiger partial charge in [-0.2, -0.15) is 13.2 Å². The summed E-state index contributed by atoms with van der Waals surface area (Å²) in [6, 6.07) is 2.76. The van der Waals surface area contributed by atoms with Crippen molar-refractivity contribution in [2.45, 2.75) is 29.6 Å². The SMILES string of the molecule is O=S(=O)(N[C@@H]1COCC[C@@H]1OCCO)c1cccc(C(F)(F)F)c1. The molecule has 2 atom stereocenters. The van der Waals surface area contributed by atoms with Crippen molar-refractivity contribution in [2.24, 2.45) is 0 Å². The lowest BCUT2D eigenvalue weighted by Gasteiger charge is -2.31. The molecule has 0 amide bonds. The van der Waals surface area contributed by atoms with E-state index in [2.05, 4.69) is 4.72 Å². The highest BCUT2D eigenvalue weighted by atomic mass is 32.2. The molecular formula is C14H18F3NO5S. The van der Waals surface area contributed by atoms with Gasteiger partial charge < -0.3 is 14.6 Å². The third-order valence-corrected chi connectivity index (χ3v) is 4.98. The second-order valence-electron chi connectivity index (χ2n) is 5.25. The molecule has 0 unspecified atom stereocenters. The highest BCUT2D eigenvalue weighted by Gasteiger charge is 2.34. The fourth-order valence-electron chi connectivity index (χ4n) is 2.34. The molecule has 1 saturated heterocycles. The van der Waals surface area contributed by atoms with Crippen molar-refractivity contribution in [1.82, 2.24) is 4.72 Å². The minimum Gasteiger partial charge on any atom is -0.394 e. The highest BCUT2D eigenvalue weighted by Crippen LogP contribution is 2.30. The van der Waals surface area contributed by atoms with Crippen LogP contribution in [0.15, 0.2) is 29.2 Å². The van der Waals surface area contributed by atoms with Crippen molar-refractivity contribution in [3.05, 3.63) is 29.8 Å². The van der Waals surface area contributed by atoms with Crippen LogP contribution in [0.2, 0.25) is 0 Å². The molecule has 1 heterocycles. The number of aliphatic hydroxyl groups is 1. The summed E-state index contributed by atoms with van der Waals surface area (Å²) in [7, 11) is -4.17. The van der Waals surface area contributed by atoms with Gasteiger partial charge in [0.15, 0.2) is 0 Å². The molecule has 1 aromatic carbocycles. The Balaban J connectivity index is 2.17. The summed E-state index contributed by atoms with van der Waals surface area (Å²) in [6.07, 6.45) is -4.74. The first-order valence-corrected chi connectivity index (χ1v) is 8.72. The van der Waals surface area contributed by atoms with Gasteiger partial charge in [0, 0.05) is 6.61 Å². The molecule has 0 saturated carbocycles. The van der Waals surface area contributed by atoms with Crippen LogP contribution in [0.3, 0.4) is 0 Å². The number of ether oxygens (including phenoxy) is 2. The summed E-state index contributed by atoms with van der Waals surface area (Å²) in [5, 5.41) is 8.80. The maximum absolute atomic E-state index is 12.7. The van der Waals surface area contributed by atoms with Gasteiger partial charge in [0.05, 0.1) is 42.4 Å². The zero-order valence-electron chi connectivity index (χ0n) is 12.6. The third-order valence-electron chi connectivity index (χ3n) is 3.49. The van der Waals surface area contributed by atoms with Crippen molar-refractivity contribution in [2.75, 3.05) is 26.4 Å². The Bertz CT molecular complexity index is 650. The fourth-order valence-corrected chi connectivity index (χ4v) is 3.63. The number of sulfonamides is 1.